The number of carbonyl (C=O) groups excluding carboxylic acids is 5. The molecule has 1 aromatic rings. The Kier molecular flexibility index (Phi) is 20.2. The number of nitrogens with zero attached hydrogens (tertiary/aromatic N) is 3. The van der Waals surface area contributed by atoms with E-state index in [0.717, 1.165) is 6.42 Å². The molecule has 1 heterocycles. The van der Waals surface area contributed by atoms with Crippen molar-refractivity contribution < 1.29 is 38.2 Å². The highest BCUT2D eigenvalue weighted by Gasteiger charge is 2.19. The second kappa shape index (κ2) is 23.2. The number of rotatable bonds is 26. The molecule has 6 N–H and O–H groups in total. The number of aromatic nitrogens is 3. The molecule has 15 heteroatoms. The van der Waals surface area contributed by atoms with Gasteiger partial charge in [-0.1, -0.05) is 11.6 Å². The summed E-state index contributed by atoms with van der Waals surface area (Å²) >= 11 is 0. The first-order valence-corrected chi connectivity index (χ1v) is 14.4. The summed E-state index contributed by atoms with van der Waals surface area (Å²) in [6, 6.07) is 0. The number of nitrogens with one attached hydrogen (secondary N) is 2. The van der Waals surface area contributed by atoms with Crippen LogP contribution in [0.5, 0.6) is 0 Å². The molecule has 15 nitrogen and oxygen atoms in total. The minimum absolute atomic E-state index is 0.00208. The molecular weight excluding hydrogens is 550 g/mol. The zero-order valence-corrected chi connectivity index (χ0v) is 24.6. The van der Waals surface area contributed by atoms with Crippen molar-refractivity contribution in [1.82, 2.24) is 25.6 Å². The van der Waals surface area contributed by atoms with Crippen LogP contribution in [0.1, 0.15) is 70.4 Å². The smallest absolute Gasteiger partial charge is 0.303 e. The van der Waals surface area contributed by atoms with Crippen LogP contribution in [-0.4, -0.2) is 90.5 Å². The largest absolute Gasteiger partial charge is 0.459 e. The summed E-state index contributed by atoms with van der Waals surface area (Å²) in [6.45, 7) is 4.90. The molecule has 0 aromatic carbocycles. The van der Waals surface area contributed by atoms with E-state index in [-0.39, 0.29) is 49.4 Å². The first kappa shape index (κ1) is 36.6. The molecule has 3 amide bonds. The number of carbonyl (C=O) groups is 5. The van der Waals surface area contributed by atoms with Gasteiger partial charge in [0.25, 0.3) is 0 Å². The number of amides is 3. The van der Waals surface area contributed by atoms with Gasteiger partial charge in [-0.05, 0) is 25.7 Å². The van der Waals surface area contributed by atoms with E-state index < -0.39 is 11.8 Å². The second-order valence-corrected chi connectivity index (χ2v) is 9.76. The summed E-state index contributed by atoms with van der Waals surface area (Å²) < 4.78 is 17.0. The maximum atomic E-state index is 12.3. The van der Waals surface area contributed by atoms with Crippen molar-refractivity contribution in [3.8, 4) is 0 Å². The van der Waals surface area contributed by atoms with E-state index in [4.69, 9.17) is 25.7 Å². The third-order valence-electron chi connectivity index (χ3n) is 6.06. The molecule has 0 spiro atoms. The average molecular weight is 598 g/mol. The highest BCUT2D eigenvalue weighted by molar-refractivity contribution is 5.88. The topological polar surface area (TPSA) is 220 Å². The normalized spacial score (nSPS) is 11.6. The lowest BCUT2D eigenvalue weighted by Crippen LogP contribution is -2.29. The highest BCUT2D eigenvalue weighted by atomic mass is 16.5. The fourth-order valence-corrected chi connectivity index (χ4v) is 3.81. The molecule has 1 rings (SSSR count). The van der Waals surface area contributed by atoms with Gasteiger partial charge in [-0.2, -0.15) is 0 Å². The molecule has 0 saturated heterocycles. The fraction of sp³-hybridized carbons (Fsp3) is 0.741. The predicted molar refractivity (Wildman–Crippen MR) is 151 cm³/mol. The maximum absolute atomic E-state index is 12.3. The van der Waals surface area contributed by atoms with E-state index in [0.29, 0.717) is 90.4 Å². The lowest BCUT2D eigenvalue weighted by Gasteiger charge is -2.13. The molecule has 0 unspecified atom stereocenters. The molecule has 0 aliphatic carbocycles. The minimum Gasteiger partial charge on any atom is -0.459 e. The van der Waals surface area contributed by atoms with Crippen molar-refractivity contribution in [2.24, 2.45) is 17.4 Å². The number of nitrogens with two attached hydrogens (primary N) is 2. The monoisotopic (exact) mass is 597 g/mol. The summed E-state index contributed by atoms with van der Waals surface area (Å²) in [7, 11) is 0. The van der Waals surface area contributed by atoms with Crippen molar-refractivity contribution in [2.45, 2.75) is 77.9 Å². The van der Waals surface area contributed by atoms with Gasteiger partial charge in [-0.15, -0.1) is 5.10 Å². The Labute approximate surface area is 246 Å². The van der Waals surface area contributed by atoms with E-state index in [1.807, 2.05) is 0 Å². The van der Waals surface area contributed by atoms with Gasteiger partial charge in [-0.3, -0.25) is 28.7 Å². The van der Waals surface area contributed by atoms with E-state index in [1.165, 1.54) is 6.92 Å². The van der Waals surface area contributed by atoms with Gasteiger partial charge in [0.15, 0.2) is 0 Å². The van der Waals surface area contributed by atoms with Gasteiger partial charge in [0, 0.05) is 64.7 Å². The third kappa shape index (κ3) is 19.6. The number of unbranched alkanes of at least 4 members (excludes halogenated alkanes) is 2. The van der Waals surface area contributed by atoms with Crippen molar-refractivity contribution >= 4 is 29.5 Å². The zero-order valence-electron chi connectivity index (χ0n) is 24.6. The highest BCUT2D eigenvalue weighted by Crippen LogP contribution is 2.14. The molecule has 1 atom stereocenters. The summed E-state index contributed by atoms with van der Waals surface area (Å²) in [4.78, 5) is 58.9. The maximum Gasteiger partial charge on any atom is 0.303 e. The lowest BCUT2D eigenvalue weighted by molar-refractivity contribution is -0.142. The van der Waals surface area contributed by atoms with Gasteiger partial charge in [0.1, 0.15) is 18.1 Å². The van der Waals surface area contributed by atoms with E-state index in [2.05, 4.69) is 20.9 Å². The van der Waals surface area contributed by atoms with Crippen LogP contribution in [0, 0.1) is 5.92 Å². The van der Waals surface area contributed by atoms with Crippen molar-refractivity contribution in [1.29, 1.82) is 0 Å². The Balaban J connectivity index is 2.09. The summed E-state index contributed by atoms with van der Waals surface area (Å²) in [5.74, 6) is -2.05. The zero-order chi connectivity index (χ0) is 31.0. The van der Waals surface area contributed by atoms with Crippen LogP contribution in [0.2, 0.25) is 0 Å². The molecule has 0 aliphatic heterocycles. The summed E-state index contributed by atoms with van der Waals surface area (Å²) in [5, 5.41) is 13.4. The van der Waals surface area contributed by atoms with E-state index >= 15 is 0 Å². The number of esters is 1. The van der Waals surface area contributed by atoms with E-state index in [1.54, 1.807) is 10.9 Å². The first-order chi connectivity index (χ1) is 20.2. The average Bonchev–Trinajstić information content (AvgIpc) is 3.41. The molecule has 42 heavy (non-hydrogen) atoms. The molecule has 238 valence electrons. The van der Waals surface area contributed by atoms with Gasteiger partial charge >= 0.3 is 5.97 Å². The second-order valence-electron chi connectivity index (χ2n) is 9.76. The Hall–Kier alpha value is -3.43. The number of ether oxygens (including phenoxy) is 3. The quantitative estimate of drug-likeness (QED) is 0.0805. The van der Waals surface area contributed by atoms with Crippen LogP contribution in [0.15, 0.2) is 6.20 Å². The van der Waals surface area contributed by atoms with Gasteiger partial charge in [0.05, 0.1) is 32.6 Å². The minimum atomic E-state index is -0.600. The molecule has 0 bridgehead atoms. The fourth-order valence-electron chi connectivity index (χ4n) is 3.81. The van der Waals surface area contributed by atoms with Gasteiger partial charge in [0.2, 0.25) is 17.7 Å². The van der Waals surface area contributed by atoms with Crippen LogP contribution in [0.25, 0.3) is 0 Å². The van der Waals surface area contributed by atoms with Crippen LogP contribution in [0.3, 0.4) is 0 Å². The van der Waals surface area contributed by atoms with Crippen LogP contribution in [-0.2, 0) is 51.3 Å². The van der Waals surface area contributed by atoms with Crippen molar-refractivity contribution in [3.63, 3.8) is 0 Å². The van der Waals surface area contributed by atoms with Crippen LogP contribution in [0.4, 0.5) is 0 Å². The summed E-state index contributed by atoms with van der Waals surface area (Å²) in [5.41, 5.74) is 11.4. The number of Topliss-reactive ketones (excluding diaryl/α,β-unsaturated/α-hetero) is 1. The van der Waals surface area contributed by atoms with Crippen LogP contribution >= 0.6 is 0 Å². The number of ketones is 1. The lowest BCUT2D eigenvalue weighted by atomic mass is 9.94. The molecule has 0 radical (unpaired) electrons. The number of primary amides is 1. The molecule has 0 aliphatic rings. The first-order valence-electron chi connectivity index (χ1n) is 14.4. The standard InChI is InChI=1S/C27H47N7O8/c1-21(35)42-20-23-19-34(33-32-23)13-5-3-7-25(37)30-11-4-2-6-22(27(29)39)18-24(36)8-9-26(38)31-12-15-41-17-16-40-14-10-28/h19,22H,2-18,20,28H2,1H3,(H2,29,39)(H,30,37)(H,31,38)/t22-/m1/s1. The molecule has 0 saturated carbocycles. The SMILES string of the molecule is CC(=O)OCc1cn(CCCCC(=O)NCCCC[C@H](CC(=O)CCC(=O)NCCOCCOCCN)C(N)=O)nn1. The Morgan fingerprint density at radius 1 is 0.905 bits per heavy atom. The van der Waals surface area contributed by atoms with E-state index in [9.17, 15) is 24.0 Å². The summed E-state index contributed by atoms with van der Waals surface area (Å²) in [6.07, 6.45) is 5.27. The van der Waals surface area contributed by atoms with Gasteiger partial charge < -0.3 is 36.3 Å². The Morgan fingerprint density at radius 2 is 1.62 bits per heavy atom. The Bertz CT molecular complexity index is 957. The Morgan fingerprint density at radius 3 is 2.33 bits per heavy atom. The predicted octanol–water partition coefficient (Wildman–Crippen LogP) is -0.253. The van der Waals surface area contributed by atoms with Crippen molar-refractivity contribution in [3.05, 3.63) is 11.9 Å². The number of hydrogen-bond acceptors (Lipinski definition) is 11. The molecule has 0 fully saturated rings. The van der Waals surface area contributed by atoms with Crippen LogP contribution < -0.4 is 22.1 Å². The van der Waals surface area contributed by atoms with Crippen molar-refractivity contribution in [2.75, 3.05) is 46.1 Å². The van der Waals surface area contributed by atoms with Gasteiger partial charge in [-0.25, -0.2) is 0 Å². The molecular formula is C27H47N7O8. The molecule has 1 aromatic heterocycles. The number of aryl methyl sites for hydroxylation is 1. The third-order valence-corrected chi connectivity index (χ3v) is 6.06. The number of hydrogen-bond donors (Lipinski definition) is 4.